The van der Waals surface area contributed by atoms with Crippen molar-refractivity contribution in [1.82, 2.24) is 0 Å². The molecule has 180 valence electrons. The summed E-state index contributed by atoms with van der Waals surface area (Å²) in [6.07, 6.45) is 0.0455. The number of hydrogen-bond donors (Lipinski definition) is 2. The first-order valence-electron chi connectivity index (χ1n) is 11.2. The molecule has 1 saturated heterocycles. The number of ether oxygens (including phenoxy) is 2. The van der Waals surface area contributed by atoms with Gasteiger partial charge in [0.2, 0.25) is 11.8 Å². The van der Waals surface area contributed by atoms with Gasteiger partial charge in [0.1, 0.15) is 11.5 Å². The van der Waals surface area contributed by atoms with Crippen molar-refractivity contribution < 1.29 is 23.9 Å². The van der Waals surface area contributed by atoms with Crippen molar-refractivity contribution in [2.24, 2.45) is 5.92 Å². The summed E-state index contributed by atoms with van der Waals surface area (Å²) in [6.45, 7) is 2.13. The normalized spacial score (nSPS) is 15.0. The van der Waals surface area contributed by atoms with Crippen LogP contribution in [0.1, 0.15) is 22.3 Å². The van der Waals surface area contributed by atoms with E-state index in [4.69, 9.17) is 9.47 Å². The fraction of sp³-hybridized carbons (Fsp3) is 0.222. The van der Waals surface area contributed by atoms with Gasteiger partial charge in [-0.3, -0.25) is 14.4 Å². The molecule has 8 heteroatoms. The zero-order chi connectivity index (χ0) is 24.9. The minimum Gasteiger partial charge on any atom is -0.497 e. The van der Waals surface area contributed by atoms with Gasteiger partial charge in [-0.05, 0) is 48.9 Å². The van der Waals surface area contributed by atoms with Crippen molar-refractivity contribution in [2.75, 3.05) is 36.3 Å². The Morgan fingerprint density at radius 2 is 1.74 bits per heavy atom. The summed E-state index contributed by atoms with van der Waals surface area (Å²) in [5, 5.41) is 5.70. The first-order chi connectivity index (χ1) is 16.9. The van der Waals surface area contributed by atoms with Crippen LogP contribution < -0.4 is 25.0 Å². The van der Waals surface area contributed by atoms with Crippen LogP contribution in [0.2, 0.25) is 0 Å². The highest BCUT2D eigenvalue weighted by Gasteiger charge is 2.36. The molecule has 8 nitrogen and oxygen atoms in total. The molecule has 0 spiro atoms. The summed E-state index contributed by atoms with van der Waals surface area (Å²) in [5.41, 5.74) is 2.95. The molecule has 1 aliphatic rings. The first kappa shape index (κ1) is 23.8. The maximum Gasteiger partial charge on any atom is 0.257 e. The third kappa shape index (κ3) is 5.27. The average molecular weight is 474 g/mol. The Kier molecular flexibility index (Phi) is 7.01. The molecule has 35 heavy (non-hydrogen) atoms. The fourth-order valence-corrected chi connectivity index (χ4v) is 4.07. The highest BCUT2D eigenvalue weighted by atomic mass is 16.5. The number of methoxy groups -OCH3 is 2. The van der Waals surface area contributed by atoms with Gasteiger partial charge in [0.15, 0.2) is 0 Å². The number of anilines is 3. The van der Waals surface area contributed by atoms with Gasteiger partial charge in [-0.15, -0.1) is 0 Å². The maximum atomic E-state index is 13.1. The van der Waals surface area contributed by atoms with Crippen molar-refractivity contribution in [3.05, 3.63) is 77.9 Å². The average Bonchev–Trinajstić information content (AvgIpc) is 3.25. The highest BCUT2D eigenvalue weighted by Crippen LogP contribution is 2.36. The summed E-state index contributed by atoms with van der Waals surface area (Å²) in [6, 6.07) is 19.4. The van der Waals surface area contributed by atoms with Crippen LogP contribution in [0.25, 0.3) is 0 Å². The molecule has 1 heterocycles. The number of nitrogens with zero attached hydrogens (tertiary/aromatic N) is 1. The van der Waals surface area contributed by atoms with Crippen LogP contribution in [0.3, 0.4) is 0 Å². The molecule has 0 saturated carbocycles. The molecule has 0 bridgehead atoms. The van der Waals surface area contributed by atoms with Crippen LogP contribution in [-0.2, 0) is 9.59 Å². The topological polar surface area (TPSA) is 97.0 Å². The second kappa shape index (κ2) is 10.3. The van der Waals surface area contributed by atoms with Gasteiger partial charge in [-0.1, -0.05) is 24.3 Å². The molecule has 0 radical (unpaired) electrons. The van der Waals surface area contributed by atoms with Crippen LogP contribution in [0, 0.1) is 12.8 Å². The number of carbonyl (C=O) groups is 3. The van der Waals surface area contributed by atoms with Gasteiger partial charge in [0.05, 0.1) is 37.1 Å². The van der Waals surface area contributed by atoms with E-state index in [-0.39, 0.29) is 30.7 Å². The Morgan fingerprint density at radius 3 is 2.49 bits per heavy atom. The standard InChI is InChI=1S/C27H27N3O5/c1-17-7-6-8-19(13-17)28-27(33)21-9-4-5-10-22(21)29-26(32)18-14-25(31)30(16-18)23-15-20(34-2)11-12-24(23)35-3/h4-13,15,18H,14,16H2,1-3H3,(H,28,33)(H,29,32). The lowest BCUT2D eigenvalue weighted by molar-refractivity contribution is -0.122. The largest absolute Gasteiger partial charge is 0.497 e. The van der Waals surface area contributed by atoms with Crippen molar-refractivity contribution in [2.45, 2.75) is 13.3 Å². The minimum absolute atomic E-state index is 0.0455. The van der Waals surface area contributed by atoms with Crippen LogP contribution >= 0.6 is 0 Å². The highest BCUT2D eigenvalue weighted by molar-refractivity contribution is 6.11. The van der Waals surface area contributed by atoms with Gasteiger partial charge >= 0.3 is 0 Å². The zero-order valence-electron chi connectivity index (χ0n) is 19.8. The molecule has 4 rings (SSSR count). The molecule has 1 atom stereocenters. The number of rotatable bonds is 7. The van der Waals surface area contributed by atoms with Crippen molar-refractivity contribution in [1.29, 1.82) is 0 Å². The molecule has 3 amide bonds. The molecule has 3 aromatic rings. The molecule has 1 unspecified atom stereocenters. The number of amides is 3. The van der Waals surface area contributed by atoms with E-state index in [2.05, 4.69) is 10.6 Å². The third-order valence-electron chi connectivity index (χ3n) is 5.88. The van der Waals surface area contributed by atoms with E-state index < -0.39 is 5.92 Å². The van der Waals surface area contributed by atoms with E-state index >= 15 is 0 Å². The van der Waals surface area contributed by atoms with Crippen molar-refractivity contribution in [3.8, 4) is 11.5 Å². The lowest BCUT2D eigenvalue weighted by atomic mass is 10.1. The van der Waals surface area contributed by atoms with Gasteiger partial charge in [-0.2, -0.15) is 0 Å². The molecular weight excluding hydrogens is 446 g/mol. The summed E-state index contributed by atoms with van der Waals surface area (Å²) in [4.78, 5) is 40.4. The SMILES string of the molecule is COc1ccc(OC)c(N2CC(C(=O)Nc3ccccc3C(=O)Nc3cccc(C)c3)CC2=O)c1. The lowest BCUT2D eigenvalue weighted by Crippen LogP contribution is -2.29. The predicted molar refractivity (Wildman–Crippen MR) is 134 cm³/mol. The molecule has 1 fully saturated rings. The Balaban J connectivity index is 1.49. The van der Waals surface area contributed by atoms with E-state index in [1.807, 2.05) is 25.1 Å². The Labute approximate surface area is 203 Å². The van der Waals surface area contributed by atoms with E-state index in [0.29, 0.717) is 34.1 Å². The Bertz CT molecular complexity index is 1270. The summed E-state index contributed by atoms with van der Waals surface area (Å²) in [5.74, 6) is -0.364. The number of para-hydroxylation sites is 1. The number of benzene rings is 3. The Morgan fingerprint density at radius 1 is 0.943 bits per heavy atom. The van der Waals surface area contributed by atoms with E-state index in [0.717, 1.165) is 5.56 Å². The third-order valence-corrected chi connectivity index (χ3v) is 5.88. The Hall–Kier alpha value is -4.33. The molecule has 1 aliphatic heterocycles. The van der Waals surface area contributed by atoms with Crippen molar-refractivity contribution in [3.63, 3.8) is 0 Å². The van der Waals surface area contributed by atoms with E-state index in [1.165, 1.54) is 12.0 Å². The van der Waals surface area contributed by atoms with Crippen LogP contribution in [0.4, 0.5) is 17.1 Å². The number of hydrogen-bond acceptors (Lipinski definition) is 5. The monoisotopic (exact) mass is 473 g/mol. The summed E-state index contributed by atoms with van der Waals surface area (Å²) < 4.78 is 10.7. The lowest BCUT2D eigenvalue weighted by Gasteiger charge is -2.20. The van der Waals surface area contributed by atoms with E-state index in [1.54, 1.807) is 55.6 Å². The smallest absolute Gasteiger partial charge is 0.257 e. The van der Waals surface area contributed by atoms with E-state index in [9.17, 15) is 14.4 Å². The van der Waals surface area contributed by atoms with Crippen LogP contribution in [-0.4, -0.2) is 38.5 Å². The number of carbonyl (C=O) groups excluding carboxylic acids is 3. The second-order valence-electron chi connectivity index (χ2n) is 8.30. The molecular formula is C27H27N3O5. The van der Waals surface area contributed by atoms with Crippen molar-refractivity contribution >= 4 is 34.8 Å². The zero-order valence-corrected chi connectivity index (χ0v) is 19.8. The van der Waals surface area contributed by atoms with Gasteiger partial charge in [0, 0.05) is 24.7 Å². The first-order valence-corrected chi connectivity index (χ1v) is 11.2. The summed E-state index contributed by atoms with van der Waals surface area (Å²) in [7, 11) is 3.06. The quantitative estimate of drug-likeness (QED) is 0.535. The summed E-state index contributed by atoms with van der Waals surface area (Å²) >= 11 is 0. The molecule has 2 N–H and O–H groups in total. The van der Waals surface area contributed by atoms with Gasteiger partial charge < -0.3 is 25.0 Å². The van der Waals surface area contributed by atoms with Crippen LogP contribution in [0.5, 0.6) is 11.5 Å². The molecule has 3 aromatic carbocycles. The number of nitrogens with one attached hydrogen (secondary N) is 2. The maximum absolute atomic E-state index is 13.1. The minimum atomic E-state index is -0.591. The second-order valence-corrected chi connectivity index (χ2v) is 8.30. The van der Waals surface area contributed by atoms with Gasteiger partial charge in [0.25, 0.3) is 5.91 Å². The fourth-order valence-electron chi connectivity index (χ4n) is 4.07. The predicted octanol–water partition coefficient (Wildman–Crippen LogP) is 4.26. The van der Waals surface area contributed by atoms with Gasteiger partial charge in [-0.25, -0.2) is 0 Å². The number of aryl methyl sites for hydroxylation is 1. The molecule has 0 aliphatic carbocycles. The molecule has 0 aromatic heterocycles. The van der Waals surface area contributed by atoms with Crippen LogP contribution in [0.15, 0.2) is 66.7 Å².